The Bertz CT molecular complexity index is 701. The summed E-state index contributed by atoms with van der Waals surface area (Å²) in [6.07, 6.45) is 6.24. The maximum absolute atomic E-state index is 13.2. The highest BCUT2D eigenvalue weighted by Gasteiger charge is 2.31. The average Bonchev–Trinajstić information content (AvgIpc) is 2.88. The third kappa shape index (κ3) is 6.46. The number of nitrogens with one attached hydrogen (secondary N) is 1. The molecule has 0 spiro atoms. The van der Waals surface area contributed by atoms with Crippen molar-refractivity contribution < 1.29 is 17.6 Å². The van der Waals surface area contributed by atoms with Crippen molar-refractivity contribution in [1.82, 2.24) is 10.2 Å². The molecule has 0 aliphatic carbocycles. The molecule has 1 amide bonds. The Kier molecular flexibility index (Phi) is 8.04. The van der Waals surface area contributed by atoms with Gasteiger partial charge in [0.1, 0.15) is 11.9 Å². The zero-order valence-electron chi connectivity index (χ0n) is 16.2. The van der Waals surface area contributed by atoms with Crippen molar-refractivity contribution >= 4 is 21.6 Å². The summed E-state index contributed by atoms with van der Waals surface area (Å²) in [6.45, 7) is 5.09. The lowest BCUT2D eigenvalue weighted by Gasteiger charge is -2.30. The largest absolute Gasteiger partial charge is 0.353 e. The molecule has 6 nitrogen and oxygen atoms in total. The van der Waals surface area contributed by atoms with Crippen LogP contribution in [0.5, 0.6) is 0 Å². The van der Waals surface area contributed by atoms with Crippen molar-refractivity contribution in [2.45, 2.75) is 45.1 Å². The summed E-state index contributed by atoms with van der Waals surface area (Å²) in [4.78, 5) is 15.0. The molecular weight excluding hydrogens is 369 g/mol. The molecule has 0 bridgehead atoms. The molecule has 152 valence electrons. The van der Waals surface area contributed by atoms with E-state index in [1.807, 2.05) is 0 Å². The number of carbonyl (C=O) groups is 1. The first-order valence-corrected chi connectivity index (χ1v) is 11.4. The molecule has 1 fully saturated rings. The van der Waals surface area contributed by atoms with Gasteiger partial charge in [0.05, 0.1) is 11.9 Å². The van der Waals surface area contributed by atoms with Crippen LogP contribution < -0.4 is 9.62 Å². The Morgan fingerprint density at radius 2 is 1.78 bits per heavy atom. The number of nitrogens with zero attached hydrogens (tertiary/aromatic N) is 2. The molecule has 0 radical (unpaired) electrons. The monoisotopic (exact) mass is 399 g/mol. The van der Waals surface area contributed by atoms with Crippen LogP contribution in [0.15, 0.2) is 24.3 Å². The lowest BCUT2D eigenvalue weighted by atomic mass is 10.2. The number of amides is 1. The number of carbonyl (C=O) groups excluding carboxylic acids is 1. The minimum Gasteiger partial charge on any atom is -0.353 e. The van der Waals surface area contributed by atoms with Crippen molar-refractivity contribution in [1.29, 1.82) is 0 Å². The summed E-state index contributed by atoms with van der Waals surface area (Å²) < 4.78 is 38.9. The van der Waals surface area contributed by atoms with Crippen LogP contribution in [-0.4, -0.2) is 57.7 Å². The molecule has 1 aromatic carbocycles. The van der Waals surface area contributed by atoms with Gasteiger partial charge in [-0.1, -0.05) is 19.8 Å². The van der Waals surface area contributed by atoms with E-state index in [9.17, 15) is 17.6 Å². The Morgan fingerprint density at radius 3 is 2.30 bits per heavy atom. The van der Waals surface area contributed by atoms with E-state index in [1.54, 1.807) is 6.92 Å². The molecule has 27 heavy (non-hydrogen) atoms. The second-order valence-electron chi connectivity index (χ2n) is 7.01. The first kappa shape index (κ1) is 21.6. The van der Waals surface area contributed by atoms with E-state index < -0.39 is 21.9 Å². The van der Waals surface area contributed by atoms with Crippen LogP contribution in [0.1, 0.15) is 39.0 Å². The highest BCUT2D eigenvalue weighted by atomic mass is 32.2. The molecule has 1 unspecified atom stereocenters. The van der Waals surface area contributed by atoms with Crippen LogP contribution in [0.25, 0.3) is 0 Å². The molecule has 1 aliphatic rings. The predicted octanol–water partition coefficient (Wildman–Crippen LogP) is 2.36. The van der Waals surface area contributed by atoms with Crippen LogP contribution in [0.3, 0.4) is 0 Å². The molecule has 0 aromatic heterocycles. The van der Waals surface area contributed by atoms with Gasteiger partial charge in [-0.15, -0.1) is 0 Å². The minimum atomic E-state index is -3.70. The zero-order chi connectivity index (χ0) is 19.9. The van der Waals surface area contributed by atoms with Gasteiger partial charge in [0.15, 0.2) is 0 Å². The number of hydrogen-bond acceptors (Lipinski definition) is 4. The van der Waals surface area contributed by atoms with E-state index in [0.29, 0.717) is 13.0 Å². The van der Waals surface area contributed by atoms with Crippen molar-refractivity contribution in [2.75, 3.05) is 36.7 Å². The second-order valence-corrected chi connectivity index (χ2v) is 8.87. The fraction of sp³-hybridized carbons (Fsp3) is 0.632. The molecule has 1 aliphatic heterocycles. The maximum atomic E-state index is 13.2. The van der Waals surface area contributed by atoms with E-state index in [0.717, 1.165) is 30.2 Å². The van der Waals surface area contributed by atoms with Gasteiger partial charge in [0.25, 0.3) is 0 Å². The van der Waals surface area contributed by atoms with E-state index >= 15 is 0 Å². The van der Waals surface area contributed by atoms with Crippen LogP contribution in [0, 0.1) is 5.82 Å². The minimum absolute atomic E-state index is 0.286. The van der Waals surface area contributed by atoms with E-state index in [4.69, 9.17) is 0 Å². The van der Waals surface area contributed by atoms with E-state index in [2.05, 4.69) is 10.2 Å². The van der Waals surface area contributed by atoms with Gasteiger partial charge in [-0.2, -0.15) is 0 Å². The summed E-state index contributed by atoms with van der Waals surface area (Å²) in [6, 6.07) is 4.27. The molecule has 1 heterocycles. The number of sulfonamides is 1. The van der Waals surface area contributed by atoms with Crippen LogP contribution in [0.4, 0.5) is 10.1 Å². The summed E-state index contributed by atoms with van der Waals surface area (Å²) >= 11 is 0. The highest BCUT2D eigenvalue weighted by Crippen LogP contribution is 2.22. The van der Waals surface area contributed by atoms with Gasteiger partial charge in [-0.05, 0) is 56.6 Å². The first-order chi connectivity index (χ1) is 12.8. The smallest absolute Gasteiger partial charge is 0.243 e. The van der Waals surface area contributed by atoms with Crippen molar-refractivity contribution in [3.63, 3.8) is 0 Å². The summed E-state index contributed by atoms with van der Waals surface area (Å²) in [7, 11) is -3.70. The van der Waals surface area contributed by atoms with Gasteiger partial charge in [-0.25, -0.2) is 12.8 Å². The zero-order valence-corrected chi connectivity index (χ0v) is 17.0. The number of likely N-dealkylation sites (tertiary alicyclic amines) is 1. The van der Waals surface area contributed by atoms with Gasteiger partial charge in [-0.3, -0.25) is 9.10 Å². The molecule has 8 heteroatoms. The van der Waals surface area contributed by atoms with Crippen molar-refractivity contribution in [2.24, 2.45) is 0 Å². The van der Waals surface area contributed by atoms with Crippen LogP contribution >= 0.6 is 0 Å². The number of hydrogen-bond donors (Lipinski definition) is 1. The molecule has 0 saturated carbocycles. The topological polar surface area (TPSA) is 69.7 Å². The van der Waals surface area contributed by atoms with Gasteiger partial charge < -0.3 is 10.2 Å². The second kappa shape index (κ2) is 10.0. The molecule has 1 saturated heterocycles. The third-order valence-electron chi connectivity index (χ3n) is 4.84. The summed E-state index contributed by atoms with van der Waals surface area (Å²) in [5, 5.41) is 2.87. The lowest BCUT2D eigenvalue weighted by molar-refractivity contribution is -0.122. The van der Waals surface area contributed by atoms with E-state index in [1.165, 1.54) is 49.9 Å². The maximum Gasteiger partial charge on any atom is 0.243 e. The quantitative estimate of drug-likeness (QED) is 0.729. The number of anilines is 1. The Balaban J connectivity index is 2.04. The van der Waals surface area contributed by atoms with Gasteiger partial charge in [0.2, 0.25) is 15.9 Å². The standard InChI is InChI=1S/C19H30FN3O3S/c1-3-18(19(24)21-12-15-22-13-6-4-5-7-14-22)23(27(2,25)26)17-10-8-16(20)9-11-17/h8-11,18H,3-7,12-15H2,1-2H3,(H,21,24). The normalized spacial score (nSPS) is 17.1. The molecule has 2 rings (SSSR count). The van der Waals surface area contributed by atoms with Crippen LogP contribution in [-0.2, 0) is 14.8 Å². The highest BCUT2D eigenvalue weighted by molar-refractivity contribution is 7.92. The summed E-state index contributed by atoms with van der Waals surface area (Å²) in [5.41, 5.74) is 0.286. The van der Waals surface area contributed by atoms with Gasteiger partial charge in [0, 0.05) is 13.1 Å². The molecular formula is C19H30FN3O3S. The van der Waals surface area contributed by atoms with Crippen LogP contribution in [0.2, 0.25) is 0 Å². The number of halogens is 1. The first-order valence-electron chi connectivity index (χ1n) is 9.58. The van der Waals surface area contributed by atoms with Crippen molar-refractivity contribution in [3.05, 3.63) is 30.1 Å². The third-order valence-corrected chi connectivity index (χ3v) is 6.02. The number of benzene rings is 1. The molecule has 1 atom stereocenters. The molecule has 1 aromatic rings. The average molecular weight is 400 g/mol. The molecule has 1 N–H and O–H groups in total. The fourth-order valence-corrected chi connectivity index (χ4v) is 4.67. The lowest BCUT2D eigenvalue weighted by Crippen LogP contribution is -2.50. The summed E-state index contributed by atoms with van der Waals surface area (Å²) in [5.74, 6) is -0.788. The number of rotatable bonds is 8. The van der Waals surface area contributed by atoms with Gasteiger partial charge >= 0.3 is 0 Å². The Hall–Kier alpha value is -1.67. The predicted molar refractivity (Wildman–Crippen MR) is 106 cm³/mol. The Morgan fingerprint density at radius 1 is 1.19 bits per heavy atom. The van der Waals surface area contributed by atoms with E-state index in [-0.39, 0.29) is 11.6 Å². The Labute approximate surface area is 161 Å². The SMILES string of the molecule is CCC(C(=O)NCCN1CCCCCC1)N(c1ccc(F)cc1)S(C)(=O)=O. The fourth-order valence-electron chi connectivity index (χ4n) is 3.46. The van der Waals surface area contributed by atoms with Crippen molar-refractivity contribution in [3.8, 4) is 0 Å².